The molecule has 0 bridgehead atoms. The van der Waals surface area contributed by atoms with Gasteiger partial charge in [0.2, 0.25) is 0 Å². The monoisotopic (exact) mass is 372 g/mol. The summed E-state index contributed by atoms with van der Waals surface area (Å²) in [5.41, 5.74) is 0. The Hall–Kier alpha value is -2.44. The van der Waals surface area contributed by atoms with Crippen LogP contribution in [0.2, 0.25) is 0 Å². The molecule has 7 heteroatoms. The second-order valence-corrected chi connectivity index (χ2v) is 7.65. The number of nitrogens with one attached hydrogen (secondary N) is 1. The SMILES string of the molecule is O=C(NC1CCN(C(=O)N2CCCC2)CC1)N1CC(Oc2ccccc2)C1. The number of carbonyl (C=O) groups is 2. The van der Waals surface area contributed by atoms with Crippen molar-refractivity contribution in [3.8, 4) is 5.75 Å². The van der Waals surface area contributed by atoms with Crippen LogP contribution in [0.1, 0.15) is 25.7 Å². The highest BCUT2D eigenvalue weighted by atomic mass is 16.5. The summed E-state index contributed by atoms with van der Waals surface area (Å²) in [6.45, 7) is 4.45. The van der Waals surface area contributed by atoms with Crippen LogP contribution in [0.3, 0.4) is 0 Å². The van der Waals surface area contributed by atoms with E-state index in [0.29, 0.717) is 13.1 Å². The summed E-state index contributed by atoms with van der Waals surface area (Å²) in [6.07, 6.45) is 3.94. The molecule has 3 fully saturated rings. The third kappa shape index (κ3) is 4.28. The quantitative estimate of drug-likeness (QED) is 0.884. The third-order valence-corrected chi connectivity index (χ3v) is 5.65. The summed E-state index contributed by atoms with van der Waals surface area (Å²) in [5.74, 6) is 0.845. The van der Waals surface area contributed by atoms with Gasteiger partial charge < -0.3 is 24.8 Å². The fourth-order valence-corrected chi connectivity index (χ4v) is 3.96. The minimum absolute atomic E-state index is 0.0211. The number of likely N-dealkylation sites (tertiary alicyclic amines) is 3. The first-order valence-electron chi connectivity index (χ1n) is 10.00. The first kappa shape index (κ1) is 17.9. The molecule has 0 atom stereocenters. The molecule has 3 saturated heterocycles. The van der Waals surface area contributed by atoms with Crippen molar-refractivity contribution in [2.45, 2.75) is 37.8 Å². The van der Waals surface area contributed by atoms with E-state index in [9.17, 15) is 9.59 Å². The number of hydrogen-bond donors (Lipinski definition) is 1. The Balaban J connectivity index is 1.15. The van der Waals surface area contributed by atoms with Crippen molar-refractivity contribution >= 4 is 12.1 Å². The van der Waals surface area contributed by atoms with Gasteiger partial charge in [-0.15, -0.1) is 0 Å². The molecular formula is C20H28N4O3. The number of carbonyl (C=O) groups excluding carboxylic acids is 2. The highest BCUT2D eigenvalue weighted by molar-refractivity contribution is 5.76. The summed E-state index contributed by atoms with van der Waals surface area (Å²) in [6, 6.07) is 10.00. The number of nitrogens with zero attached hydrogens (tertiary/aromatic N) is 3. The fourth-order valence-electron chi connectivity index (χ4n) is 3.96. The normalized spacial score (nSPS) is 21.1. The number of rotatable bonds is 3. The molecule has 4 amide bonds. The van der Waals surface area contributed by atoms with E-state index in [2.05, 4.69) is 5.32 Å². The van der Waals surface area contributed by atoms with E-state index in [4.69, 9.17) is 4.74 Å². The number of ether oxygens (including phenoxy) is 1. The Morgan fingerprint density at radius 1 is 0.889 bits per heavy atom. The Kier molecular flexibility index (Phi) is 5.36. The molecule has 27 heavy (non-hydrogen) atoms. The minimum atomic E-state index is -0.0211. The van der Waals surface area contributed by atoms with Gasteiger partial charge in [0.15, 0.2) is 0 Å². The van der Waals surface area contributed by atoms with Crippen LogP contribution >= 0.6 is 0 Å². The van der Waals surface area contributed by atoms with Crippen LogP contribution in [0.5, 0.6) is 5.75 Å². The lowest BCUT2D eigenvalue weighted by atomic mass is 10.1. The highest BCUT2D eigenvalue weighted by Crippen LogP contribution is 2.19. The van der Waals surface area contributed by atoms with Crippen molar-refractivity contribution in [3.05, 3.63) is 30.3 Å². The number of piperidine rings is 1. The van der Waals surface area contributed by atoms with Gasteiger partial charge in [-0.05, 0) is 37.8 Å². The van der Waals surface area contributed by atoms with Crippen LogP contribution in [0.15, 0.2) is 30.3 Å². The zero-order chi connectivity index (χ0) is 18.6. The highest BCUT2D eigenvalue weighted by Gasteiger charge is 2.34. The molecule has 3 heterocycles. The average Bonchev–Trinajstić information content (AvgIpc) is 3.20. The van der Waals surface area contributed by atoms with Crippen LogP contribution in [-0.2, 0) is 0 Å². The molecule has 0 radical (unpaired) electrons. The van der Waals surface area contributed by atoms with Gasteiger partial charge in [0.25, 0.3) is 0 Å². The topological polar surface area (TPSA) is 65.1 Å². The summed E-state index contributed by atoms with van der Waals surface area (Å²) < 4.78 is 5.84. The Morgan fingerprint density at radius 2 is 1.52 bits per heavy atom. The van der Waals surface area contributed by atoms with Crippen LogP contribution < -0.4 is 10.1 Å². The van der Waals surface area contributed by atoms with E-state index in [0.717, 1.165) is 57.6 Å². The average molecular weight is 372 g/mol. The van der Waals surface area contributed by atoms with E-state index in [1.807, 2.05) is 40.1 Å². The number of benzene rings is 1. The molecule has 1 N–H and O–H groups in total. The maximum atomic E-state index is 12.4. The predicted molar refractivity (Wildman–Crippen MR) is 102 cm³/mol. The number of urea groups is 2. The van der Waals surface area contributed by atoms with E-state index in [1.54, 1.807) is 4.90 Å². The van der Waals surface area contributed by atoms with Gasteiger partial charge in [-0.2, -0.15) is 0 Å². The first-order chi connectivity index (χ1) is 13.2. The van der Waals surface area contributed by atoms with Crippen LogP contribution in [0.25, 0.3) is 0 Å². The molecule has 0 unspecified atom stereocenters. The Bertz CT molecular complexity index is 648. The van der Waals surface area contributed by atoms with Crippen LogP contribution in [0, 0.1) is 0 Å². The summed E-state index contributed by atoms with van der Waals surface area (Å²) >= 11 is 0. The van der Waals surface area contributed by atoms with E-state index >= 15 is 0 Å². The molecule has 3 aliphatic rings. The number of hydrogen-bond acceptors (Lipinski definition) is 3. The summed E-state index contributed by atoms with van der Waals surface area (Å²) in [5, 5.41) is 3.11. The lowest BCUT2D eigenvalue weighted by molar-refractivity contribution is 0.0424. The molecule has 0 spiro atoms. The third-order valence-electron chi connectivity index (χ3n) is 5.65. The molecule has 0 aliphatic carbocycles. The zero-order valence-corrected chi connectivity index (χ0v) is 15.7. The molecule has 4 rings (SSSR count). The van der Waals surface area contributed by atoms with Gasteiger partial charge in [0.1, 0.15) is 11.9 Å². The zero-order valence-electron chi connectivity index (χ0n) is 15.7. The van der Waals surface area contributed by atoms with Gasteiger partial charge in [-0.1, -0.05) is 18.2 Å². The molecule has 1 aromatic rings. The van der Waals surface area contributed by atoms with Crippen LogP contribution in [0.4, 0.5) is 9.59 Å². The largest absolute Gasteiger partial charge is 0.487 e. The van der Waals surface area contributed by atoms with Crippen molar-refractivity contribution < 1.29 is 14.3 Å². The first-order valence-corrected chi connectivity index (χ1v) is 10.00. The molecule has 3 aliphatic heterocycles. The van der Waals surface area contributed by atoms with Crippen molar-refractivity contribution in [2.24, 2.45) is 0 Å². The van der Waals surface area contributed by atoms with E-state index < -0.39 is 0 Å². The molecule has 7 nitrogen and oxygen atoms in total. The fraction of sp³-hybridized carbons (Fsp3) is 0.600. The van der Waals surface area contributed by atoms with Gasteiger partial charge in [0, 0.05) is 32.2 Å². The molecule has 0 saturated carbocycles. The maximum Gasteiger partial charge on any atom is 0.319 e. The second-order valence-electron chi connectivity index (χ2n) is 7.65. The predicted octanol–water partition coefficient (Wildman–Crippen LogP) is 2.14. The minimum Gasteiger partial charge on any atom is -0.487 e. The maximum absolute atomic E-state index is 12.4. The molecule has 146 valence electrons. The summed E-state index contributed by atoms with van der Waals surface area (Å²) in [7, 11) is 0. The smallest absolute Gasteiger partial charge is 0.319 e. The number of para-hydroxylation sites is 1. The van der Waals surface area contributed by atoms with E-state index in [-0.39, 0.29) is 24.2 Å². The van der Waals surface area contributed by atoms with Crippen molar-refractivity contribution in [1.82, 2.24) is 20.0 Å². The van der Waals surface area contributed by atoms with Crippen molar-refractivity contribution in [1.29, 1.82) is 0 Å². The Morgan fingerprint density at radius 3 is 2.19 bits per heavy atom. The lowest BCUT2D eigenvalue weighted by Gasteiger charge is -2.40. The van der Waals surface area contributed by atoms with Gasteiger partial charge in [0.05, 0.1) is 13.1 Å². The summed E-state index contributed by atoms with van der Waals surface area (Å²) in [4.78, 5) is 30.5. The second kappa shape index (κ2) is 8.06. The van der Waals surface area contributed by atoms with E-state index in [1.165, 1.54) is 0 Å². The lowest BCUT2D eigenvalue weighted by Crippen LogP contribution is -2.60. The molecular weight excluding hydrogens is 344 g/mol. The van der Waals surface area contributed by atoms with Gasteiger partial charge in [-0.25, -0.2) is 9.59 Å². The van der Waals surface area contributed by atoms with Gasteiger partial charge >= 0.3 is 12.1 Å². The van der Waals surface area contributed by atoms with Crippen molar-refractivity contribution in [3.63, 3.8) is 0 Å². The Labute approximate surface area is 160 Å². The standard InChI is InChI=1S/C20H28N4O3/c25-19(24-14-18(15-24)27-17-6-2-1-3-7-17)21-16-8-12-23(13-9-16)20(26)22-10-4-5-11-22/h1-3,6-7,16,18H,4-5,8-15H2,(H,21,25). The van der Waals surface area contributed by atoms with Gasteiger partial charge in [-0.3, -0.25) is 0 Å². The molecule has 1 aromatic carbocycles. The van der Waals surface area contributed by atoms with Crippen molar-refractivity contribution in [2.75, 3.05) is 39.3 Å². The molecule has 0 aromatic heterocycles. The van der Waals surface area contributed by atoms with Crippen LogP contribution in [-0.4, -0.2) is 78.2 Å². The number of amides is 4.